The molecule has 4 aromatic rings. The quantitative estimate of drug-likeness (QED) is 0.211. The molecular formula is C37H44N6O5. The first-order valence-corrected chi connectivity index (χ1v) is 16.4. The third-order valence-corrected chi connectivity index (χ3v) is 8.61. The Labute approximate surface area is 281 Å². The molecule has 11 nitrogen and oxygen atoms in total. The van der Waals surface area contributed by atoms with Crippen LogP contribution in [0.3, 0.4) is 0 Å². The number of hydrogen-bond acceptors (Lipinski definition) is 7. The van der Waals surface area contributed by atoms with Crippen molar-refractivity contribution in [1.82, 2.24) is 29.7 Å². The summed E-state index contributed by atoms with van der Waals surface area (Å²) in [6.45, 7) is 13.9. The van der Waals surface area contributed by atoms with Gasteiger partial charge in [-0.15, -0.1) is 0 Å². The molecule has 2 aliphatic heterocycles. The van der Waals surface area contributed by atoms with Crippen LogP contribution in [-0.4, -0.2) is 77.4 Å². The van der Waals surface area contributed by atoms with Crippen molar-refractivity contribution in [2.24, 2.45) is 0 Å². The van der Waals surface area contributed by atoms with Crippen LogP contribution < -0.4 is 0 Å². The highest BCUT2D eigenvalue weighted by atomic mass is 16.6. The molecule has 3 atom stereocenters. The lowest BCUT2D eigenvalue weighted by atomic mass is 9.98. The molecule has 2 fully saturated rings. The number of hydrogen-bond donors (Lipinski definition) is 3. The molecule has 2 aliphatic rings. The Bertz CT molecular complexity index is 1890. The number of imidazole rings is 2. The molecule has 2 saturated heterocycles. The van der Waals surface area contributed by atoms with Crippen LogP contribution in [0.1, 0.15) is 96.5 Å². The highest BCUT2D eigenvalue weighted by Crippen LogP contribution is 2.39. The zero-order valence-corrected chi connectivity index (χ0v) is 28.7. The maximum atomic E-state index is 12.9. The van der Waals surface area contributed by atoms with Gasteiger partial charge in [0.15, 0.2) is 0 Å². The number of amides is 2. The summed E-state index contributed by atoms with van der Waals surface area (Å²) >= 11 is 0. The largest absolute Gasteiger partial charge is 0.444 e. The average Bonchev–Trinajstić information content (AvgIpc) is 3.79. The summed E-state index contributed by atoms with van der Waals surface area (Å²) in [6.07, 6.45) is 2.42. The lowest BCUT2D eigenvalue weighted by Gasteiger charge is -2.34. The van der Waals surface area contributed by atoms with E-state index in [1.807, 2.05) is 90.9 Å². The van der Waals surface area contributed by atoms with Crippen molar-refractivity contribution in [3.8, 4) is 23.1 Å². The second-order valence-electron chi connectivity index (χ2n) is 14.9. The minimum atomic E-state index is -0.649. The fourth-order valence-electron chi connectivity index (χ4n) is 6.30. The Morgan fingerprint density at radius 1 is 0.958 bits per heavy atom. The number of aliphatic hydroxyl groups is 1. The number of ether oxygens (including phenoxy) is 2. The zero-order valence-electron chi connectivity index (χ0n) is 28.7. The van der Waals surface area contributed by atoms with Crippen LogP contribution in [0.4, 0.5) is 9.59 Å². The van der Waals surface area contributed by atoms with Gasteiger partial charge < -0.3 is 24.5 Å². The van der Waals surface area contributed by atoms with Gasteiger partial charge in [0, 0.05) is 24.1 Å². The second-order valence-corrected chi connectivity index (χ2v) is 14.9. The average molecular weight is 653 g/mol. The van der Waals surface area contributed by atoms with Gasteiger partial charge in [-0.05, 0) is 97.2 Å². The lowest BCUT2D eigenvalue weighted by molar-refractivity contribution is 0.00857. The number of aliphatic hydroxyl groups excluding tert-OH is 1. The van der Waals surface area contributed by atoms with E-state index >= 15 is 0 Å². The summed E-state index contributed by atoms with van der Waals surface area (Å²) in [4.78, 5) is 45.3. The number of carbonyl (C=O) groups is 2. The number of likely N-dealkylation sites (tertiary alicyclic amines) is 2. The van der Waals surface area contributed by atoms with Crippen LogP contribution in [0.2, 0.25) is 0 Å². The van der Waals surface area contributed by atoms with Gasteiger partial charge in [-0.2, -0.15) is 0 Å². The first kappa shape index (κ1) is 33.1. The Kier molecular flexibility index (Phi) is 8.50. The summed E-state index contributed by atoms with van der Waals surface area (Å²) in [5.41, 5.74) is 3.28. The topological polar surface area (TPSA) is 137 Å². The van der Waals surface area contributed by atoms with Crippen LogP contribution in [-0.2, 0) is 15.0 Å². The van der Waals surface area contributed by atoms with Crippen LogP contribution in [0.5, 0.6) is 0 Å². The molecular weight excluding hydrogens is 608 g/mol. The minimum Gasteiger partial charge on any atom is -0.444 e. The molecule has 2 aromatic heterocycles. The highest BCUT2D eigenvalue weighted by molar-refractivity contribution is 5.77. The first-order chi connectivity index (χ1) is 22.6. The molecule has 0 aliphatic carbocycles. The van der Waals surface area contributed by atoms with Gasteiger partial charge in [-0.3, -0.25) is 9.80 Å². The zero-order chi connectivity index (χ0) is 34.4. The van der Waals surface area contributed by atoms with Crippen LogP contribution in [0, 0.1) is 11.8 Å². The van der Waals surface area contributed by atoms with Gasteiger partial charge in [-0.25, -0.2) is 19.6 Å². The molecule has 2 amide bonds. The van der Waals surface area contributed by atoms with E-state index in [1.165, 1.54) is 4.90 Å². The van der Waals surface area contributed by atoms with Crippen molar-refractivity contribution in [1.29, 1.82) is 0 Å². The number of aromatic nitrogens is 4. The van der Waals surface area contributed by atoms with Crippen molar-refractivity contribution in [2.45, 2.75) is 96.6 Å². The Morgan fingerprint density at radius 3 is 2.33 bits per heavy atom. The first-order valence-electron chi connectivity index (χ1n) is 16.4. The van der Waals surface area contributed by atoms with Crippen LogP contribution >= 0.6 is 0 Å². The SMILES string of the molecule is CC(C)(C)OC(=O)N1C[C@H](O)C[C@H]1c1nc2ccc(C#Cc3ccc(-c4cnc([C@@]5(C)CCCN5C(=O)OC(C)(C)C)[nH]4)cc3)cc2[nH]1. The monoisotopic (exact) mass is 652 g/mol. The number of carbonyl (C=O) groups excluding carboxylic acids is 2. The number of aromatic amines is 2. The predicted octanol–water partition coefficient (Wildman–Crippen LogP) is 6.64. The lowest BCUT2D eigenvalue weighted by Crippen LogP contribution is -2.46. The maximum absolute atomic E-state index is 12.9. The van der Waals surface area contributed by atoms with Crippen LogP contribution in [0.15, 0.2) is 48.7 Å². The van der Waals surface area contributed by atoms with E-state index < -0.39 is 35.0 Å². The summed E-state index contributed by atoms with van der Waals surface area (Å²) < 4.78 is 11.2. The van der Waals surface area contributed by atoms with Gasteiger partial charge in [-0.1, -0.05) is 24.0 Å². The fourth-order valence-corrected chi connectivity index (χ4v) is 6.30. The van der Waals surface area contributed by atoms with E-state index in [2.05, 4.69) is 26.8 Å². The summed E-state index contributed by atoms with van der Waals surface area (Å²) in [5, 5.41) is 10.3. The molecule has 48 heavy (non-hydrogen) atoms. The Balaban J connectivity index is 1.15. The van der Waals surface area contributed by atoms with Gasteiger partial charge in [0.2, 0.25) is 0 Å². The van der Waals surface area contributed by atoms with Crippen molar-refractivity contribution >= 4 is 23.2 Å². The van der Waals surface area contributed by atoms with Crippen LogP contribution in [0.25, 0.3) is 22.3 Å². The molecule has 3 N–H and O–H groups in total. The predicted molar refractivity (Wildman–Crippen MR) is 182 cm³/mol. The number of benzene rings is 2. The molecule has 0 unspecified atom stereocenters. The molecule has 2 aromatic carbocycles. The summed E-state index contributed by atoms with van der Waals surface area (Å²) in [7, 11) is 0. The fraction of sp³-hybridized carbons (Fsp3) is 0.459. The van der Waals surface area contributed by atoms with E-state index in [0.717, 1.165) is 52.1 Å². The highest BCUT2D eigenvalue weighted by Gasteiger charge is 2.45. The van der Waals surface area contributed by atoms with E-state index in [4.69, 9.17) is 14.5 Å². The van der Waals surface area contributed by atoms with Crippen molar-refractivity contribution < 1.29 is 24.2 Å². The molecule has 4 heterocycles. The molecule has 11 heteroatoms. The smallest absolute Gasteiger partial charge is 0.411 e. The molecule has 0 saturated carbocycles. The number of nitrogens with zero attached hydrogens (tertiary/aromatic N) is 4. The Hall–Kier alpha value is -4.82. The van der Waals surface area contributed by atoms with Crippen molar-refractivity contribution in [3.63, 3.8) is 0 Å². The second kappa shape index (κ2) is 12.3. The van der Waals surface area contributed by atoms with Gasteiger partial charge in [0.25, 0.3) is 0 Å². The Morgan fingerprint density at radius 2 is 1.62 bits per heavy atom. The standard InChI is InChI=1S/C37H44N6O5/c1-35(2,3)47-33(45)42-22-26(44)20-30(42)31-39-27-16-13-24(19-28(27)40-31)10-9-23-11-14-25(15-12-23)29-21-38-32(41-29)37(7)17-8-18-43(37)34(46)48-36(4,5)6/h11-16,19,21,26,30,44H,8,17-18,20,22H2,1-7H3,(H,38,41)(H,39,40)/t26-,30+,37-/m1/s1. The number of H-pyrrole nitrogens is 2. The van der Waals surface area contributed by atoms with E-state index in [0.29, 0.717) is 18.8 Å². The van der Waals surface area contributed by atoms with Gasteiger partial charge in [0.1, 0.15) is 28.4 Å². The normalized spacial score (nSPS) is 21.3. The number of fused-ring (bicyclic) bond motifs is 1. The third kappa shape index (κ3) is 7.04. The third-order valence-electron chi connectivity index (χ3n) is 8.61. The number of β-amino-alcohol motifs (C(OH)–C–C–N with tert-alkyl or cyclic N) is 1. The molecule has 0 radical (unpaired) electrons. The molecule has 6 rings (SSSR count). The number of rotatable bonds is 3. The minimum absolute atomic E-state index is 0.194. The van der Waals surface area contributed by atoms with E-state index in [1.54, 1.807) is 11.1 Å². The van der Waals surface area contributed by atoms with Gasteiger partial charge in [0.05, 0.1) is 41.6 Å². The maximum Gasteiger partial charge on any atom is 0.411 e. The molecule has 252 valence electrons. The molecule has 0 bridgehead atoms. The van der Waals surface area contributed by atoms with E-state index in [-0.39, 0.29) is 12.6 Å². The summed E-state index contributed by atoms with van der Waals surface area (Å²) in [6, 6.07) is 13.3. The van der Waals surface area contributed by atoms with Crippen molar-refractivity contribution in [3.05, 3.63) is 71.4 Å². The number of nitrogens with one attached hydrogen (secondary N) is 2. The summed E-state index contributed by atoms with van der Waals surface area (Å²) in [5.74, 6) is 7.82. The van der Waals surface area contributed by atoms with Crippen molar-refractivity contribution in [2.75, 3.05) is 13.1 Å². The van der Waals surface area contributed by atoms with Gasteiger partial charge >= 0.3 is 12.2 Å². The van der Waals surface area contributed by atoms with E-state index in [9.17, 15) is 14.7 Å². The molecule has 0 spiro atoms.